The number of anilines is 1. The van der Waals surface area contributed by atoms with Crippen LogP contribution >= 0.6 is 0 Å². The fourth-order valence-corrected chi connectivity index (χ4v) is 1.80. The molecule has 0 fully saturated rings. The Labute approximate surface area is 115 Å². The van der Waals surface area contributed by atoms with Gasteiger partial charge in [0.15, 0.2) is 0 Å². The zero-order valence-electron chi connectivity index (χ0n) is 10.8. The van der Waals surface area contributed by atoms with Crippen molar-refractivity contribution >= 4 is 11.5 Å². The van der Waals surface area contributed by atoms with Gasteiger partial charge in [-0.25, -0.2) is 4.98 Å². The number of nitrogens with zero attached hydrogens (tertiary/aromatic N) is 3. The highest BCUT2D eigenvalue weighted by Crippen LogP contribution is 2.20. The second-order valence-corrected chi connectivity index (χ2v) is 4.20. The minimum absolute atomic E-state index is 0.0474. The summed E-state index contributed by atoms with van der Waals surface area (Å²) < 4.78 is 0. The third-order valence-electron chi connectivity index (χ3n) is 2.79. The predicted molar refractivity (Wildman–Crippen MR) is 74.1 cm³/mol. The van der Waals surface area contributed by atoms with Crippen LogP contribution in [-0.4, -0.2) is 9.91 Å². The molecule has 0 saturated heterocycles. The van der Waals surface area contributed by atoms with Gasteiger partial charge in [0, 0.05) is 23.9 Å². The molecule has 6 heteroatoms. The number of pyridine rings is 1. The van der Waals surface area contributed by atoms with Crippen molar-refractivity contribution in [2.45, 2.75) is 13.5 Å². The van der Waals surface area contributed by atoms with Gasteiger partial charge in [-0.15, -0.1) is 0 Å². The number of nitro groups is 1. The average molecular weight is 268 g/mol. The van der Waals surface area contributed by atoms with Crippen molar-refractivity contribution in [2.75, 3.05) is 5.32 Å². The quantitative estimate of drug-likeness (QED) is 0.680. The molecule has 2 aromatic rings. The third kappa shape index (κ3) is 2.90. The van der Waals surface area contributed by atoms with Gasteiger partial charge in [0.25, 0.3) is 5.69 Å². The molecule has 0 aliphatic carbocycles. The van der Waals surface area contributed by atoms with Gasteiger partial charge in [0.2, 0.25) is 0 Å². The van der Waals surface area contributed by atoms with Crippen LogP contribution < -0.4 is 5.32 Å². The monoisotopic (exact) mass is 268 g/mol. The first kappa shape index (κ1) is 13.5. The smallest absolute Gasteiger partial charge is 0.274 e. The number of nitro benzene ring substituents is 1. The fourth-order valence-electron chi connectivity index (χ4n) is 1.80. The Morgan fingerprint density at radius 1 is 1.35 bits per heavy atom. The van der Waals surface area contributed by atoms with E-state index in [1.165, 1.54) is 6.07 Å². The molecule has 0 aliphatic rings. The molecule has 1 N–H and O–H groups in total. The summed E-state index contributed by atoms with van der Waals surface area (Å²) in [4.78, 5) is 14.7. The van der Waals surface area contributed by atoms with Crippen LogP contribution in [0.4, 0.5) is 11.5 Å². The lowest BCUT2D eigenvalue weighted by atomic mass is 10.1. The van der Waals surface area contributed by atoms with E-state index in [2.05, 4.69) is 10.3 Å². The van der Waals surface area contributed by atoms with E-state index in [1.807, 2.05) is 13.0 Å². The maximum atomic E-state index is 10.9. The summed E-state index contributed by atoms with van der Waals surface area (Å²) in [6, 6.07) is 11.9. The maximum Gasteiger partial charge on any atom is 0.274 e. The van der Waals surface area contributed by atoms with Crippen LogP contribution in [0.1, 0.15) is 16.8 Å². The van der Waals surface area contributed by atoms with E-state index in [0.717, 1.165) is 5.69 Å². The van der Waals surface area contributed by atoms with E-state index in [0.29, 0.717) is 16.9 Å². The van der Waals surface area contributed by atoms with Crippen molar-refractivity contribution in [3.05, 3.63) is 63.3 Å². The molecule has 6 nitrogen and oxygen atoms in total. The maximum absolute atomic E-state index is 10.9. The molecule has 1 heterocycles. The van der Waals surface area contributed by atoms with Gasteiger partial charge in [-0.3, -0.25) is 10.1 Å². The van der Waals surface area contributed by atoms with Gasteiger partial charge < -0.3 is 5.32 Å². The van der Waals surface area contributed by atoms with E-state index in [9.17, 15) is 10.1 Å². The minimum atomic E-state index is -0.425. The number of hydrogen-bond acceptors (Lipinski definition) is 5. The normalized spacial score (nSPS) is 9.80. The Morgan fingerprint density at radius 2 is 2.10 bits per heavy atom. The second kappa shape index (κ2) is 5.80. The molecule has 0 spiro atoms. The summed E-state index contributed by atoms with van der Waals surface area (Å²) in [7, 11) is 0. The van der Waals surface area contributed by atoms with Crippen LogP contribution in [0, 0.1) is 28.4 Å². The number of benzene rings is 1. The standard InChI is InChI=1S/C14H12N4O2/c1-10-6-7-11(8-15)14(17-10)16-9-12-4-2-3-5-13(12)18(19)20/h2-7H,9H2,1H3,(H,16,17). The summed E-state index contributed by atoms with van der Waals surface area (Å²) in [5.41, 5.74) is 1.78. The van der Waals surface area contributed by atoms with Crippen LogP contribution in [0.2, 0.25) is 0 Å². The molecule has 1 aromatic heterocycles. The lowest BCUT2D eigenvalue weighted by Crippen LogP contribution is -2.06. The molecule has 0 unspecified atom stereocenters. The van der Waals surface area contributed by atoms with Gasteiger partial charge in [-0.05, 0) is 19.1 Å². The second-order valence-electron chi connectivity index (χ2n) is 4.20. The Hall–Kier alpha value is -2.94. The van der Waals surface area contributed by atoms with Crippen molar-refractivity contribution in [1.82, 2.24) is 4.98 Å². The van der Waals surface area contributed by atoms with Gasteiger partial charge in [0.05, 0.1) is 10.5 Å². The lowest BCUT2D eigenvalue weighted by molar-refractivity contribution is -0.385. The van der Waals surface area contributed by atoms with Crippen LogP contribution in [0.5, 0.6) is 0 Å². The summed E-state index contributed by atoms with van der Waals surface area (Å²) in [6.45, 7) is 2.06. The third-order valence-corrected chi connectivity index (χ3v) is 2.79. The fraction of sp³-hybridized carbons (Fsp3) is 0.143. The molecule has 1 aromatic carbocycles. The number of nitriles is 1. The molecule has 20 heavy (non-hydrogen) atoms. The van der Waals surface area contributed by atoms with E-state index >= 15 is 0 Å². The highest BCUT2D eigenvalue weighted by Gasteiger charge is 2.12. The van der Waals surface area contributed by atoms with Crippen LogP contribution in [0.3, 0.4) is 0 Å². The molecule has 0 amide bonds. The van der Waals surface area contributed by atoms with E-state index in [1.54, 1.807) is 30.3 Å². The zero-order chi connectivity index (χ0) is 14.5. The molecule has 0 saturated carbocycles. The first-order valence-electron chi connectivity index (χ1n) is 5.95. The van der Waals surface area contributed by atoms with Gasteiger partial charge in [0.1, 0.15) is 11.9 Å². The molecular formula is C14H12N4O2. The van der Waals surface area contributed by atoms with Gasteiger partial charge in [-0.2, -0.15) is 5.26 Å². The number of hydrogen-bond donors (Lipinski definition) is 1. The van der Waals surface area contributed by atoms with Crippen molar-refractivity contribution in [1.29, 1.82) is 5.26 Å². The molecular weight excluding hydrogens is 256 g/mol. The Bertz CT molecular complexity index is 692. The molecule has 0 bridgehead atoms. The first-order chi connectivity index (χ1) is 9.61. The molecule has 2 rings (SSSR count). The lowest BCUT2D eigenvalue weighted by Gasteiger charge is -2.08. The van der Waals surface area contributed by atoms with Crippen LogP contribution in [0.25, 0.3) is 0 Å². The Kier molecular flexibility index (Phi) is 3.91. The molecule has 0 radical (unpaired) electrons. The molecule has 100 valence electrons. The van der Waals surface area contributed by atoms with Gasteiger partial charge >= 0.3 is 0 Å². The van der Waals surface area contributed by atoms with Crippen LogP contribution in [0.15, 0.2) is 36.4 Å². The highest BCUT2D eigenvalue weighted by molar-refractivity contribution is 5.53. The van der Waals surface area contributed by atoms with E-state index in [4.69, 9.17) is 5.26 Å². The topological polar surface area (TPSA) is 91.8 Å². The highest BCUT2D eigenvalue weighted by atomic mass is 16.6. The van der Waals surface area contributed by atoms with E-state index < -0.39 is 4.92 Å². The van der Waals surface area contributed by atoms with Crippen LogP contribution in [-0.2, 0) is 6.54 Å². The van der Waals surface area contributed by atoms with E-state index in [-0.39, 0.29) is 12.2 Å². The van der Waals surface area contributed by atoms with Crippen molar-refractivity contribution in [2.24, 2.45) is 0 Å². The number of rotatable bonds is 4. The summed E-state index contributed by atoms with van der Waals surface area (Å²) in [5, 5.41) is 22.9. The molecule has 0 aliphatic heterocycles. The summed E-state index contributed by atoms with van der Waals surface area (Å²) in [6.07, 6.45) is 0. The van der Waals surface area contributed by atoms with Crippen molar-refractivity contribution in [3.63, 3.8) is 0 Å². The number of aromatic nitrogens is 1. The number of aryl methyl sites for hydroxylation is 1. The largest absolute Gasteiger partial charge is 0.365 e. The molecule has 0 atom stereocenters. The average Bonchev–Trinajstić information content (AvgIpc) is 2.45. The Balaban J connectivity index is 2.24. The Morgan fingerprint density at radius 3 is 2.80 bits per heavy atom. The predicted octanol–water partition coefficient (Wildman–Crippen LogP) is 2.78. The number of para-hydroxylation sites is 1. The minimum Gasteiger partial charge on any atom is -0.365 e. The summed E-state index contributed by atoms with van der Waals surface area (Å²) in [5.74, 6) is 0.436. The SMILES string of the molecule is Cc1ccc(C#N)c(NCc2ccccc2[N+](=O)[O-])n1. The first-order valence-corrected chi connectivity index (χ1v) is 5.95. The zero-order valence-corrected chi connectivity index (χ0v) is 10.8. The van der Waals surface area contributed by atoms with Crippen molar-refractivity contribution < 1.29 is 4.92 Å². The number of nitrogens with one attached hydrogen (secondary N) is 1. The van der Waals surface area contributed by atoms with Crippen molar-refractivity contribution in [3.8, 4) is 6.07 Å². The van der Waals surface area contributed by atoms with Gasteiger partial charge in [-0.1, -0.05) is 18.2 Å². The summed E-state index contributed by atoms with van der Waals surface area (Å²) >= 11 is 0.